The third kappa shape index (κ3) is 3.15. The van der Waals surface area contributed by atoms with Crippen molar-refractivity contribution in [3.05, 3.63) is 43.0 Å². The minimum absolute atomic E-state index is 0.153. The number of benzene rings is 1. The maximum Gasteiger partial charge on any atom is 0.178 e. The smallest absolute Gasteiger partial charge is 0.178 e. The van der Waals surface area contributed by atoms with E-state index in [0.29, 0.717) is 4.90 Å². The van der Waals surface area contributed by atoms with Crippen LogP contribution in [0.2, 0.25) is 0 Å². The number of sulfone groups is 1. The van der Waals surface area contributed by atoms with Crippen LogP contribution in [-0.2, 0) is 16.9 Å². The van der Waals surface area contributed by atoms with Gasteiger partial charge < -0.3 is 9.88 Å². The third-order valence-electron chi connectivity index (χ3n) is 5.83. The number of anilines is 1. The van der Waals surface area contributed by atoms with Crippen molar-refractivity contribution in [2.75, 3.05) is 17.7 Å². The fraction of sp³-hybridized carbons (Fsp3) is 0.350. The fourth-order valence-electron chi connectivity index (χ4n) is 4.19. The maximum absolute atomic E-state index is 12.9. The van der Waals surface area contributed by atoms with Crippen molar-refractivity contribution in [2.24, 2.45) is 13.0 Å². The number of rotatable bonds is 5. The standard InChI is InChI=1S/C20H22N6O2S/c1-25-10-14-9-16(3-4-18(14)24-25)29(27,28)11-13-7-15(8-13)26(2)20-17-5-6-21-19(17)22-12-23-20/h3-6,9-10,12-13,15H,7-8,11H2,1-2H3,(H,21,22,23)/t13-,15+. The van der Waals surface area contributed by atoms with Gasteiger partial charge in [0.05, 0.1) is 21.6 Å². The molecule has 0 aliphatic heterocycles. The summed E-state index contributed by atoms with van der Waals surface area (Å²) in [5.74, 6) is 1.21. The molecule has 9 heteroatoms. The van der Waals surface area contributed by atoms with E-state index in [1.807, 2.05) is 32.6 Å². The first-order valence-electron chi connectivity index (χ1n) is 9.58. The molecule has 1 aromatic carbocycles. The molecule has 1 aliphatic carbocycles. The molecule has 0 amide bonds. The SMILES string of the molecule is Cn1cc2cc(S(=O)(=O)C[C@H]3C[C@@H](N(C)c4ncnc5[nH]ccc45)C3)ccc2n1. The molecule has 1 N–H and O–H groups in total. The zero-order chi connectivity index (χ0) is 20.2. The van der Waals surface area contributed by atoms with Gasteiger partial charge in [-0.25, -0.2) is 18.4 Å². The number of aromatic amines is 1. The molecule has 0 atom stereocenters. The van der Waals surface area contributed by atoms with Gasteiger partial charge in [-0.2, -0.15) is 5.10 Å². The van der Waals surface area contributed by atoms with Gasteiger partial charge in [0.15, 0.2) is 9.84 Å². The van der Waals surface area contributed by atoms with Crippen LogP contribution >= 0.6 is 0 Å². The van der Waals surface area contributed by atoms with Crippen molar-refractivity contribution in [1.82, 2.24) is 24.7 Å². The summed E-state index contributed by atoms with van der Waals surface area (Å²) in [6.07, 6.45) is 6.92. The maximum atomic E-state index is 12.9. The molecule has 4 aromatic rings. The normalized spacial score (nSPS) is 19.5. The highest BCUT2D eigenvalue weighted by Gasteiger charge is 2.36. The van der Waals surface area contributed by atoms with E-state index in [9.17, 15) is 8.42 Å². The van der Waals surface area contributed by atoms with Crippen molar-refractivity contribution < 1.29 is 8.42 Å². The zero-order valence-electron chi connectivity index (χ0n) is 16.3. The molecule has 150 valence electrons. The van der Waals surface area contributed by atoms with Crippen molar-refractivity contribution in [1.29, 1.82) is 0 Å². The highest BCUT2D eigenvalue weighted by molar-refractivity contribution is 7.91. The number of fused-ring (bicyclic) bond motifs is 2. The van der Waals surface area contributed by atoms with Gasteiger partial charge in [-0.15, -0.1) is 0 Å². The van der Waals surface area contributed by atoms with Crippen LogP contribution in [0.3, 0.4) is 0 Å². The number of H-pyrrole nitrogens is 1. The van der Waals surface area contributed by atoms with Crippen molar-refractivity contribution in [3.8, 4) is 0 Å². The molecule has 1 fully saturated rings. The minimum Gasteiger partial charge on any atom is -0.356 e. The number of hydrogen-bond donors (Lipinski definition) is 1. The quantitative estimate of drug-likeness (QED) is 0.543. The Bertz CT molecular complexity index is 1300. The Morgan fingerprint density at radius 2 is 2.07 bits per heavy atom. The van der Waals surface area contributed by atoms with E-state index < -0.39 is 9.84 Å². The molecule has 0 unspecified atom stereocenters. The average molecular weight is 411 g/mol. The third-order valence-corrected chi connectivity index (χ3v) is 7.71. The molecule has 3 heterocycles. The lowest BCUT2D eigenvalue weighted by Crippen LogP contribution is -2.45. The summed E-state index contributed by atoms with van der Waals surface area (Å²) in [6.45, 7) is 0. The number of aryl methyl sites for hydroxylation is 1. The first kappa shape index (κ1) is 18.1. The zero-order valence-corrected chi connectivity index (χ0v) is 17.1. The molecule has 0 saturated heterocycles. The van der Waals surface area contributed by atoms with Crippen molar-refractivity contribution >= 4 is 37.6 Å². The van der Waals surface area contributed by atoms with Gasteiger partial charge in [0, 0.05) is 37.9 Å². The summed E-state index contributed by atoms with van der Waals surface area (Å²) < 4.78 is 27.5. The lowest BCUT2D eigenvalue weighted by molar-refractivity contribution is 0.282. The molecule has 1 saturated carbocycles. The molecule has 8 nitrogen and oxygen atoms in total. The lowest BCUT2D eigenvalue weighted by Gasteiger charge is -2.41. The fourth-order valence-corrected chi connectivity index (χ4v) is 5.86. The van der Waals surface area contributed by atoms with Crippen LogP contribution in [0.1, 0.15) is 12.8 Å². The Morgan fingerprint density at radius 3 is 2.90 bits per heavy atom. The number of aromatic nitrogens is 5. The van der Waals surface area contributed by atoms with Crippen LogP contribution in [-0.4, -0.2) is 52.0 Å². The van der Waals surface area contributed by atoms with Gasteiger partial charge in [0.1, 0.15) is 17.8 Å². The van der Waals surface area contributed by atoms with Gasteiger partial charge in [-0.3, -0.25) is 4.68 Å². The Balaban J connectivity index is 1.28. The molecule has 29 heavy (non-hydrogen) atoms. The number of nitrogens with one attached hydrogen (secondary N) is 1. The van der Waals surface area contributed by atoms with Gasteiger partial charge >= 0.3 is 0 Å². The molecule has 0 spiro atoms. The molecular formula is C20H22N6O2S. The second-order valence-corrected chi connectivity index (χ2v) is 9.88. The predicted molar refractivity (Wildman–Crippen MR) is 112 cm³/mol. The average Bonchev–Trinajstić information content (AvgIpc) is 3.28. The summed E-state index contributed by atoms with van der Waals surface area (Å²) in [6, 6.07) is 7.41. The summed E-state index contributed by atoms with van der Waals surface area (Å²) in [7, 11) is 0.518. The number of hydrogen-bond acceptors (Lipinski definition) is 6. The molecule has 3 aromatic heterocycles. The van der Waals surface area contributed by atoms with Crippen molar-refractivity contribution in [3.63, 3.8) is 0 Å². The lowest BCUT2D eigenvalue weighted by atomic mass is 9.81. The van der Waals surface area contributed by atoms with E-state index >= 15 is 0 Å². The Morgan fingerprint density at radius 1 is 1.24 bits per heavy atom. The van der Waals surface area contributed by atoms with Crippen LogP contribution < -0.4 is 4.90 Å². The Labute approximate surface area is 168 Å². The second kappa shape index (κ2) is 6.55. The van der Waals surface area contributed by atoms with Crippen LogP contribution in [0.5, 0.6) is 0 Å². The van der Waals surface area contributed by atoms with E-state index in [2.05, 4.69) is 25.0 Å². The topological polar surface area (TPSA) is 96.8 Å². The first-order chi connectivity index (χ1) is 13.9. The Hall–Kier alpha value is -2.94. The van der Waals surface area contributed by atoms with Crippen LogP contribution in [0.4, 0.5) is 5.82 Å². The molecule has 1 aliphatic rings. The van der Waals surface area contributed by atoms with Gasteiger partial charge in [-0.1, -0.05) is 0 Å². The van der Waals surface area contributed by atoms with E-state index in [1.165, 1.54) is 0 Å². The molecule has 0 radical (unpaired) electrons. The number of nitrogens with zero attached hydrogens (tertiary/aromatic N) is 5. The monoisotopic (exact) mass is 410 g/mol. The van der Waals surface area contributed by atoms with Crippen molar-refractivity contribution in [2.45, 2.75) is 23.8 Å². The largest absolute Gasteiger partial charge is 0.356 e. The minimum atomic E-state index is -3.33. The van der Waals surface area contributed by atoms with E-state index in [4.69, 9.17) is 0 Å². The second-order valence-electron chi connectivity index (χ2n) is 7.84. The first-order valence-corrected chi connectivity index (χ1v) is 11.2. The molecule has 5 rings (SSSR count). The summed E-state index contributed by atoms with van der Waals surface area (Å²) in [4.78, 5) is 14.3. The van der Waals surface area contributed by atoms with E-state index in [0.717, 1.165) is 40.6 Å². The highest BCUT2D eigenvalue weighted by atomic mass is 32.2. The highest BCUT2D eigenvalue weighted by Crippen LogP contribution is 2.36. The summed E-state index contributed by atoms with van der Waals surface area (Å²) in [5, 5.41) is 6.13. The van der Waals surface area contributed by atoms with Crippen LogP contribution in [0, 0.1) is 5.92 Å². The van der Waals surface area contributed by atoms with E-state index in [1.54, 1.807) is 29.2 Å². The Kier molecular flexibility index (Phi) is 4.09. The van der Waals surface area contributed by atoms with Crippen LogP contribution in [0.25, 0.3) is 21.9 Å². The summed E-state index contributed by atoms with van der Waals surface area (Å²) in [5.41, 5.74) is 1.61. The predicted octanol–water partition coefficient (Wildman–Crippen LogP) is 2.53. The van der Waals surface area contributed by atoms with Gasteiger partial charge in [0.2, 0.25) is 0 Å². The molecular weight excluding hydrogens is 388 g/mol. The van der Waals surface area contributed by atoms with Gasteiger partial charge in [-0.05, 0) is 43.0 Å². The van der Waals surface area contributed by atoms with E-state index in [-0.39, 0.29) is 17.7 Å². The molecule has 0 bridgehead atoms. The van der Waals surface area contributed by atoms with Crippen LogP contribution in [0.15, 0.2) is 47.9 Å². The summed E-state index contributed by atoms with van der Waals surface area (Å²) >= 11 is 0. The van der Waals surface area contributed by atoms with Gasteiger partial charge in [0.25, 0.3) is 0 Å².